The highest BCUT2D eigenvalue weighted by Gasteiger charge is 2.27. The van der Waals surface area contributed by atoms with Crippen molar-refractivity contribution in [2.24, 2.45) is 0 Å². The lowest BCUT2D eigenvalue weighted by Gasteiger charge is -2.24. The fraction of sp³-hybridized carbons (Fsp3) is 0.714. The van der Waals surface area contributed by atoms with Crippen molar-refractivity contribution in [2.75, 3.05) is 0 Å². The van der Waals surface area contributed by atoms with Gasteiger partial charge < -0.3 is 5.32 Å². The molecule has 1 aliphatic carbocycles. The van der Waals surface area contributed by atoms with Crippen LogP contribution in [0.5, 0.6) is 0 Å². The van der Waals surface area contributed by atoms with Crippen LogP contribution in [0.4, 0.5) is 0 Å². The standard InChI is InChI=1S/C14H24N2O2S2/c1-4-7-14(2,3)16-20(17,18)13-8-11(10-19-13)9-15-12-5-6-12/h8,10,12,15-16H,4-7,9H2,1-3H3. The second-order valence-corrected chi connectivity index (χ2v) is 8.99. The minimum absolute atomic E-state index is 0.399. The van der Waals surface area contributed by atoms with E-state index in [4.69, 9.17) is 0 Å². The molecular weight excluding hydrogens is 292 g/mol. The van der Waals surface area contributed by atoms with Crippen LogP contribution in [0.3, 0.4) is 0 Å². The second-order valence-electron chi connectivity index (χ2n) is 6.17. The number of nitrogens with one attached hydrogen (secondary N) is 2. The fourth-order valence-corrected chi connectivity index (χ4v) is 4.88. The van der Waals surface area contributed by atoms with Gasteiger partial charge >= 0.3 is 0 Å². The van der Waals surface area contributed by atoms with Crippen molar-refractivity contribution in [3.8, 4) is 0 Å². The highest BCUT2D eigenvalue weighted by atomic mass is 32.2. The van der Waals surface area contributed by atoms with Gasteiger partial charge in [0.05, 0.1) is 0 Å². The Bertz CT molecular complexity index is 545. The quantitative estimate of drug-likeness (QED) is 0.775. The number of sulfonamides is 1. The van der Waals surface area contributed by atoms with Gasteiger partial charge in [0.2, 0.25) is 0 Å². The summed E-state index contributed by atoms with van der Waals surface area (Å²) >= 11 is 1.30. The van der Waals surface area contributed by atoms with Gasteiger partial charge in [-0.2, -0.15) is 0 Å². The highest BCUT2D eigenvalue weighted by molar-refractivity contribution is 7.91. The van der Waals surface area contributed by atoms with Gasteiger partial charge in [0, 0.05) is 18.1 Å². The van der Waals surface area contributed by atoms with Crippen molar-refractivity contribution >= 4 is 21.4 Å². The number of hydrogen-bond acceptors (Lipinski definition) is 4. The van der Waals surface area contributed by atoms with Gasteiger partial charge in [-0.15, -0.1) is 11.3 Å². The zero-order valence-corrected chi connectivity index (χ0v) is 14.0. The van der Waals surface area contributed by atoms with Crippen LogP contribution in [0.25, 0.3) is 0 Å². The summed E-state index contributed by atoms with van der Waals surface area (Å²) in [6, 6.07) is 2.42. The lowest BCUT2D eigenvalue weighted by atomic mass is 10.0. The molecule has 0 spiro atoms. The summed E-state index contributed by atoms with van der Waals surface area (Å²) in [4.78, 5) is 0. The van der Waals surface area contributed by atoms with E-state index >= 15 is 0 Å². The average molecular weight is 316 g/mol. The van der Waals surface area contributed by atoms with Crippen LogP contribution in [0.2, 0.25) is 0 Å². The van der Waals surface area contributed by atoms with Gasteiger partial charge in [0.15, 0.2) is 0 Å². The van der Waals surface area contributed by atoms with E-state index < -0.39 is 15.6 Å². The van der Waals surface area contributed by atoms with Crippen LogP contribution < -0.4 is 10.0 Å². The maximum atomic E-state index is 12.4. The molecule has 1 aliphatic rings. The van der Waals surface area contributed by atoms with Crippen LogP contribution in [0.15, 0.2) is 15.7 Å². The average Bonchev–Trinajstić information content (AvgIpc) is 3.01. The van der Waals surface area contributed by atoms with Gasteiger partial charge in [-0.05, 0) is 50.1 Å². The van der Waals surface area contributed by atoms with E-state index in [1.54, 1.807) is 6.07 Å². The zero-order chi connectivity index (χ0) is 14.8. The predicted octanol–water partition coefficient (Wildman–Crippen LogP) is 2.86. The van der Waals surface area contributed by atoms with E-state index in [0.717, 1.165) is 24.9 Å². The van der Waals surface area contributed by atoms with E-state index in [2.05, 4.69) is 17.0 Å². The Morgan fingerprint density at radius 1 is 1.40 bits per heavy atom. The van der Waals surface area contributed by atoms with Crippen molar-refractivity contribution in [3.05, 3.63) is 17.0 Å². The number of hydrogen-bond donors (Lipinski definition) is 2. The molecule has 2 rings (SSSR count). The summed E-state index contributed by atoms with van der Waals surface area (Å²) in [6.07, 6.45) is 4.26. The van der Waals surface area contributed by atoms with Crippen molar-refractivity contribution in [1.29, 1.82) is 0 Å². The molecule has 1 aromatic heterocycles. The fourth-order valence-electron chi connectivity index (χ4n) is 2.23. The summed E-state index contributed by atoms with van der Waals surface area (Å²) < 4.78 is 27.9. The molecule has 0 amide bonds. The van der Waals surface area contributed by atoms with Crippen LogP contribution in [-0.2, 0) is 16.6 Å². The van der Waals surface area contributed by atoms with Gasteiger partial charge in [-0.1, -0.05) is 13.3 Å². The molecule has 0 unspecified atom stereocenters. The summed E-state index contributed by atoms with van der Waals surface area (Å²) in [6.45, 7) is 6.67. The Morgan fingerprint density at radius 3 is 2.70 bits per heavy atom. The summed E-state index contributed by atoms with van der Waals surface area (Å²) in [5.74, 6) is 0. The summed E-state index contributed by atoms with van der Waals surface area (Å²) in [5, 5.41) is 5.32. The largest absolute Gasteiger partial charge is 0.310 e. The van der Waals surface area contributed by atoms with Crippen LogP contribution in [0, 0.1) is 0 Å². The van der Waals surface area contributed by atoms with E-state index in [0.29, 0.717) is 10.3 Å². The molecule has 0 bridgehead atoms. The van der Waals surface area contributed by atoms with Crippen molar-refractivity contribution in [2.45, 2.75) is 68.8 Å². The molecule has 20 heavy (non-hydrogen) atoms. The molecular formula is C14H24N2O2S2. The Hall–Kier alpha value is -0.430. The first-order valence-electron chi connectivity index (χ1n) is 7.17. The smallest absolute Gasteiger partial charge is 0.250 e. The normalized spacial score (nSPS) is 16.6. The van der Waals surface area contributed by atoms with Crippen LogP contribution in [-0.4, -0.2) is 20.0 Å². The predicted molar refractivity (Wildman–Crippen MR) is 83.5 cm³/mol. The van der Waals surface area contributed by atoms with Gasteiger partial charge in [0.1, 0.15) is 4.21 Å². The molecule has 1 fully saturated rings. The summed E-state index contributed by atoms with van der Waals surface area (Å²) in [7, 11) is -3.40. The van der Waals surface area contributed by atoms with Crippen LogP contribution in [0.1, 0.15) is 52.0 Å². The molecule has 2 N–H and O–H groups in total. The van der Waals surface area contributed by atoms with Crippen molar-refractivity contribution < 1.29 is 8.42 Å². The number of rotatable bonds is 8. The molecule has 0 aliphatic heterocycles. The topological polar surface area (TPSA) is 58.2 Å². The molecule has 1 heterocycles. The Balaban J connectivity index is 2.01. The first kappa shape index (κ1) is 15.9. The van der Waals surface area contributed by atoms with Gasteiger partial charge in [-0.3, -0.25) is 0 Å². The molecule has 0 atom stereocenters. The Labute approximate surface area is 126 Å². The maximum absolute atomic E-state index is 12.4. The number of thiophene rings is 1. The Kier molecular flexibility index (Phi) is 4.89. The molecule has 6 heteroatoms. The second kappa shape index (κ2) is 6.13. The molecule has 1 saturated carbocycles. The van der Waals surface area contributed by atoms with E-state index in [1.807, 2.05) is 19.2 Å². The molecule has 114 valence electrons. The Morgan fingerprint density at radius 2 is 2.10 bits per heavy atom. The van der Waals surface area contributed by atoms with E-state index in [1.165, 1.54) is 24.2 Å². The third kappa shape index (κ3) is 4.55. The molecule has 0 radical (unpaired) electrons. The minimum atomic E-state index is -3.40. The van der Waals surface area contributed by atoms with E-state index in [9.17, 15) is 8.42 Å². The van der Waals surface area contributed by atoms with Crippen LogP contribution >= 0.6 is 11.3 Å². The third-order valence-electron chi connectivity index (χ3n) is 3.35. The zero-order valence-electron chi connectivity index (χ0n) is 12.4. The SMILES string of the molecule is CCCC(C)(C)NS(=O)(=O)c1cc(CNC2CC2)cs1. The molecule has 4 nitrogen and oxygen atoms in total. The molecule has 0 aromatic carbocycles. The third-order valence-corrected chi connectivity index (χ3v) is 6.54. The molecule has 1 aromatic rings. The van der Waals surface area contributed by atoms with Gasteiger partial charge in [-0.25, -0.2) is 13.1 Å². The first-order valence-corrected chi connectivity index (χ1v) is 9.53. The van der Waals surface area contributed by atoms with Crippen molar-refractivity contribution in [3.63, 3.8) is 0 Å². The summed E-state index contributed by atoms with van der Waals surface area (Å²) in [5.41, 5.74) is 0.653. The maximum Gasteiger partial charge on any atom is 0.250 e. The van der Waals surface area contributed by atoms with Gasteiger partial charge in [0.25, 0.3) is 10.0 Å². The lowest BCUT2D eigenvalue weighted by molar-refractivity contribution is 0.418. The minimum Gasteiger partial charge on any atom is -0.310 e. The molecule has 0 saturated heterocycles. The van der Waals surface area contributed by atoms with Crippen molar-refractivity contribution in [1.82, 2.24) is 10.0 Å². The monoisotopic (exact) mass is 316 g/mol. The first-order chi connectivity index (χ1) is 9.32. The lowest BCUT2D eigenvalue weighted by Crippen LogP contribution is -2.42. The highest BCUT2D eigenvalue weighted by Crippen LogP contribution is 2.24. The van der Waals surface area contributed by atoms with E-state index in [-0.39, 0.29) is 0 Å².